The summed E-state index contributed by atoms with van der Waals surface area (Å²) in [4.78, 5) is 16.8. The molecule has 1 aromatic heterocycles. The second-order valence-electron chi connectivity index (χ2n) is 5.22. The van der Waals surface area contributed by atoms with Crippen LogP contribution < -0.4 is 5.32 Å². The summed E-state index contributed by atoms with van der Waals surface area (Å²) in [5, 5.41) is 4.98. The largest absolute Gasteiger partial charge is 0.352 e. The molecule has 0 atom stereocenters. The lowest BCUT2D eigenvalue weighted by Crippen LogP contribution is -2.26. The molecule has 0 fully saturated rings. The lowest BCUT2D eigenvalue weighted by atomic mass is 10.1. The van der Waals surface area contributed by atoms with Crippen molar-refractivity contribution in [3.8, 4) is 0 Å². The molecular weight excluding hydrogens is 367 g/mol. The molecule has 24 heavy (non-hydrogen) atoms. The Morgan fingerprint density at radius 2 is 1.75 bits per heavy atom. The number of halogens is 3. The van der Waals surface area contributed by atoms with Crippen molar-refractivity contribution >= 4 is 51.6 Å². The number of nitrogens with one attached hydrogen (secondary N) is 1. The zero-order valence-electron chi connectivity index (χ0n) is 12.5. The van der Waals surface area contributed by atoms with Crippen LogP contribution in [0.2, 0.25) is 15.2 Å². The van der Waals surface area contributed by atoms with Crippen LogP contribution in [0.3, 0.4) is 0 Å². The van der Waals surface area contributed by atoms with Gasteiger partial charge in [0, 0.05) is 17.0 Å². The van der Waals surface area contributed by atoms with E-state index in [0.29, 0.717) is 44.6 Å². The van der Waals surface area contributed by atoms with Gasteiger partial charge in [-0.1, -0.05) is 53.0 Å². The van der Waals surface area contributed by atoms with Gasteiger partial charge in [-0.05, 0) is 42.3 Å². The van der Waals surface area contributed by atoms with Crippen molar-refractivity contribution in [1.82, 2.24) is 10.3 Å². The van der Waals surface area contributed by atoms with Gasteiger partial charge in [0.25, 0.3) is 5.91 Å². The first kappa shape index (κ1) is 17.0. The summed E-state index contributed by atoms with van der Waals surface area (Å²) in [5.74, 6) is -0.248. The molecule has 0 aliphatic carbocycles. The molecule has 1 amide bonds. The molecule has 0 radical (unpaired) electrons. The molecule has 122 valence electrons. The molecule has 0 aliphatic heterocycles. The number of carbonyl (C=O) groups is 1. The molecule has 3 aromatic rings. The Balaban J connectivity index is 1.79. The third-order valence-electron chi connectivity index (χ3n) is 3.65. The zero-order chi connectivity index (χ0) is 17.1. The topological polar surface area (TPSA) is 42.0 Å². The highest BCUT2D eigenvalue weighted by atomic mass is 35.5. The van der Waals surface area contributed by atoms with Crippen LogP contribution in [-0.4, -0.2) is 17.4 Å². The number of amides is 1. The number of fused-ring (bicyclic) bond motifs is 1. The van der Waals surface area contributed by atoms with Crippen molar-refractivity contribution in [2.75, 3.05) is 6.54 Å². The van der Waals surface area contributed by atoms with E-state index >= 15 is 0 Å². The highest BCUT2D eigenvalue weighted by molar-refractivity contribution is 6.36. The van der Waals surface area contributed by atoms with Crippen molar-refractivity contribution in [3.05, 3.63) is 74.9 Å². The van der Waals surface area contributed by atoms with Crippen molar-refractivity contribution in [3.63, 3.8) is 0 Å². The minimum absolute atomic E-state index is 0.248. The van der Waals surface area contributed by atoms with Gasteiger partial charge in [-0.15, -0.1) is 0 Å². The van der Waals surface area contributed by atoms with Crippen molar-refractivity contribution < 1.29 is 4.79 Å². The van der Waals surface area contributed by atoms with Crippen molar-refractivity contribution in [2.24, 2.45) is 0 Å². The average Bonchev–Trinajstić information content (AvgIpc) is 2.56. The second-order valence-corrected chi connectivity index (χ2v) is 6.42. The maximum Gasteiger partial charge on any atom is 0.253 e. The molecule has 6 heteroatoms. The van der Waals surface area contributed by atoms with Crippen molar-refractivity contribution in [1.29, 1.82) is 0 Å². The van der Waals surface area contributed by atoms with Gasteiger partial charge in [-0.3, -0.25) is 4.79 Å². The van der Waals surface area contributed by atoms with Crippen molar-refractivity contribution in [2.45, 2.75) is 6.42 Å². The SMILES string of the molecule is O=C(NCCc1ccccc1Cl)c1c(Cl)ccc2nc(Cl)ccc12. The van der Waals surface area contributed by atoms with Crippen LogP contribution in [0.4, 0.5) is 0 Å². The van der Waals surface area contributed by atoms with Crippen LogP contribution in [0.15, 0.2) is 48.5 Å². The molecular formula is C18H13Cl3N2O. The molecule has 1 heterocycles. The summed E-state index contributed by atoms with van der Waals surface area (Å²) in [6.07, 6.45) is 0.637. The monoisotopic (exact) mass is 378 g/mol. The molecule has 0 bridgehead atoms. The third-order valence-corrected chi connectivity index (χ3v) is 4.55. The van der Waals surface area contributed by atoms with Gasteiger partial charge in [0.2, 0.25) is 0 Å². The van der Waals surface area contributed by atoms with Crippen LogP contribution in [0, 0.1) is 0 Å². The van der Waals surface area contributed by atoms with E-state index in [1.807, 2.05) is 24.3 Å². The summed E-state index contributed by atoms with van der Waals surface area (Å²) >= 11 is 18.2. The molecule has 0 aliphatic rings. The standard InChI is InChI=1S/C18H13Cl3N2O/c19-13-4-2-1-3-11(13)9-10-22-18(24)17-12-5-8-16(21)23-15(12)7-6-14(17)20/h1-8H,9-10H2,(H,22,24). The van der Waals surface area contributed by atoms with Crippen LogP contribution in [0.5, 0.6) is 0 Å². The molecule has 0 spiro atoms. The van der Waals surface area contributed by atoms with E-state index in [9.17, 15) is 4.79 Å². The average molecular weight is 380 g/mol. The minimum atomic E-state index is -0.248. The highest BCUT2D eigenvalue weighted by Crippen LogP contribution is 2.26. The predicted molar refractivity (Wildman–Crippen MR) is 99.3 cm³/mol. The number of rotatable bonds is 4. The first-order valence-electron chi connectivity index (χ1n) is 7.32. The van der Waals surface area contributed by atoms with Crippen LogP contribution >= 0.6 is 34.8 Å². The van der Waals surface area contributed by atoms with Gasteiger partial charge in [-0.2, -0.15) is 0 Å². The summed E-state index contributed by atoms with van der Waals surface area (Å²) in [6.45, 7) is 0.455. The number of aromatic nitrogens is 1. The van der Waals surface area contributed by atoms with Crippen LogP contribution in [-0.2, 0) is 6.42 Å². The van der Waals surface area contributed by atoms with Crippen LogP contribution in [0.25, 0.3) is 10.9 Å². The normalized spacial score (nSPS) is 10.8. The van der Waals surface area contributed by atoms with Gasteiger partial charge in [0.05, 0.1) is 16.1 Å². The van der Waals surface area contributed by atoms with Crippen LogP contribution in [0.1, 0.15) is 15.9 Å². The first-order valence-corrected chi connectivity index (χ1v) is 8.46. The number of carbonyl (C=O) groups excluding carboxylic acids is 1. The first-order chi connectivity index (χ1) is 11.6. The zero-order valence-corrected chi connectivity index (χ0v) is 14.8. The Bertz CT molecular complexity index is 912. The van der Waals surface area contributed by atoms with E-state index < -0.39 is 0 Å². The summed E-state index contributed by atoms with van der Waals surface area (Å²) < 4.78 is 0. The fraction of sp³-hybridized carbons (Fsp3) is 0.111. The number of pyridine rings is 1. The summed E-state index contributed by atoms with van der Waals surface area (Å²) in [7, 11) is 0. The van der Waals surface area contributed by atoms with E-state index in [1.165, 1.54) is 0 Å². The molecule has 2 aromatic carbocycles. The van der Waals surface area contributed by atoms with E-state index in [4.69, 9.17) is 34.8 Å². The Morgan fingerprint density at radius 1 is 0.958 bits per heavy atom. The predicted octanol–water partition coefficient (Wildman–Crippen LogP) is 5.17. The number of hydrogen-bond donors (Lipinski definition) is 1. The Morgan fingerprint density at radius 3 is 2.54 bits per heavy atom. The fourth-order valence-corrected chi connectivity index (χ4v) is 3.12. The molecule has 0 unspecified atom stereocenters. The molecule has 1 N–H and O–H groups in total. The maximum absolute atomic E-state index is 12.6. The minimum Gasteiger partial charge on any atom is -0.352 e. The number of nitrogens with zero attached hydrogens (tertiary/aromatic N) is 1. The van der Waals surface area contributed by atoms with Gasteiger partial charge in [0.15, 0.2) is 0 Å². The quantitative estimate of drug-likeness (QED) is 0.636. The lowest BCUT2D eigenvalue weighted by Gasteiger charge is -2.10. The molecule has 3 nitrogen and oxygen atoms in total. The van der Waals surface area contributed by atoms with Gasteiger partial charge in [0.1, 0.15) is 5.15 Å². The number of benzene rings is 2. The van der Waals surface area contributed by atoms with E-state index in [1.54, 1.807) is 24.3 Å². The Labute approximate surface area is 154 Å². The molecule has 3 rings (SSSR count). The van der Waals surface area contributed by atoms with E-state index in [-0.39, 0.29) is 5.91 Å². The highest BCUT2D eigenvalue weighted by Gasteiger charge is 2.15. The van der Waals surface area contributed by atoms with E-state index in [0.717, 1.165) is 5.56 Å². The third kappa shape index (κ3) is 3.64. The second kappa shape index (κ2) is 7.39. The summed E-state index contributed by atoms with van der Waals surface area (Å²) in [6, 6.07) is 14.3. The lowest BCUT2D eigenvalue weighted by molar-refractivity contribution is 0.0956. The Kier molecular flexibility index (Phi) is 5.24. The molecule has 0 saturated heterocycles. The number of hydrogen-bond acceptors (Lipinski definition) is 2. The van der Waals surface area contributed by atoms with Gasteiger partial charge >= 0.3 is 0 Å². The fourth-order valence-electron chi connectivity index (χ4n) is 2.48. The molecule has 0 saturated carbocycles. The van der Waals surface area contributed by atoms with Gasteiger partial charge in [-0.25, -0.2) is 4.98 Å². The summed E-state index contributed by atoms with van der Waals surface area (Å²) in [5.41, 5.74) is 2.01. The Hall–Kier alpha value is -1.81. The van der Waals surface area contributed by atoms with E-state index in [2.05, 4.69) is 10.3 Å². The smallest absolute Gasteiger partial charge is 0.253 e. The maximum atomic E-state index is 12.6. The van der Waals surface area contributed by atoms with Gasteiger partial charge < -0.3 is 5.32 Å².